The van der Waals surface area contributed by atoms with Crippen LogP contribution in [0.15, 0.2) is 61.3 Å². The van der Waals surface area contributed by atoms with Crippen LogP contribution in [0.4, 0.5) is 11.5 Å². The maximum Gasteiger partial charge on any atom is 0.256 e. The normalized spacial score (nSPS) is 10.5. The predicted molar refractivity (Wildman–Crippen MR) is 123 cm³/mol. The van der Waals surface area contributed by atoms with E-state index in [-0.39, 0.29) is 5.91 Å². The quantitative estimate of drug-likeness (QED) is 0.530. The first kappa shape index (κ1) is 22.0. The van der Waals surface area contributed by atoms with Crippen LogP contribution < -0.4 is 19.7 Å². The van der Waals surface area contributed by atoms with E-state index in [4.69, 9.17) is 9.47 Å². The van der Waals surface area contributed by atoms with E-state index in [1.165, 1.54) is 0 Å². The molecule has 0 bridgehead atoms. The number of benzene rings is 2. The number of amides is 1. The Bertz CT molecular complexity index is 1060. The Morgan fingerprint density at radius 3 is 2.52 bits per heavy atom. The number of methoxy groups -OCH3 is 2. The highest BCUT2D eigenvalue weighted by molar-refractivity contribution is 6.04. The van der Waals surface area contributed by atoms with Crippen molar-refractivity contribution in [1.82, 2.24) is 9.78 Å². The maximum absolute atomic E-state index is 13.0. The van der Waals surface area contributed by atoms with Crippen LogP contribution in [-0.4, -0.2) is 44.0 Å². The van der Waals surface area contributed by atoms with Crippen LogP contribution in [0.25, 0.3) is 0 Å². The zero-order valence-electron chi connectivity index (χ0n) is 18.4. The molecule has 0 saturated carbocycles. The number of rotatable bonds is 9. The Morgan fingerprint density at radius 1 is 1.16 bits per heavy atom. The molecule has 3 rings (SSSR count). The minimum atomic E-state index is -0.254. The predicted octanol–water partition coefficient (Wildman–Crippen LogP) is 4.00. The van der Waals surface area contributed by atoms with Crippen molar-refractivity contribution in [2.45, 2.75) is 13.0 Å². The monoisotopic (exact) mass is 420 g/mol. The topological polar surface area (TPSA) is 68.6 Å². The standard InChI is InChI=1S/C24H28N4O3/c1-6-7-18-14-19(15-21(30-4)23(18)31-5)24(29)26-22-12-13-25-28(22)16-17-8-10-20(11-9-17)27(2)3/h6,8-15H,1,7,16H2,2-5H3,(H,26,29). The molecular formula is C24H28N4O3. The molecule has 1 aromatic heterocycles. The largest absolute Gasteiger partial charge is 0.493 e. The van der Waals surface area contributed by atoms with Crippen LogP contribution in [0, 0.1) is 0 Å². The number of carbonyl (C=O) groups is 1. The molecule has 1 amide bonds. The average molecular weight is 421 g/mol. The molecule has 2 aromatic carbocycles. The number of ether oxygens (including phenoxy) is 2. The second-order valence-electron chi connectivity index (χ2n) is 7.25. The second kappa shape index (κ2) is 9.84. The van der Waals surface area contributed by atoms with Crippen LogP contribution in [-0.2, 0) is 13.0 Å². The number of nitrogens with one attached hydrogen (secondary N) is 1. The fourth-order valence-corrected chi connectivity index (χ4v) is 3.31. The molecule has 7 nitrogen and oxygen atoms in total. The number of carbonyl (C=O) groups excluding carboxylic acids is 1. The maximum atomic E-state index is 13.0. The average Bonchev–Trinajstić information content (AvgIpc) is 3.20. The molecule has 0 saturated heterocycles. The number of nitrogens with zero attached hydrogens (tertiary/aromatic N) is 3. The van der Waals surface area contributed by atoms with Gasteiger partial charge in [0.2, 0.25) is 0 Å². The molecular weight excluding hydrogens is 392 g/mol. The van der Waals surface area contributed by atoms with Crippen LogP contribution in [0.2, 0.25) is 0 Å². The minimum absolute atomic E-state index is 0.254. The molecule has 0 spiro atoms. The Morgan fingerprint density at radius 2 is 1.90 bits per heavy atom. The van der Waals surface area contributed by atoms with Crippen molar-refractivity contribution >= 4 is 17.4 Å². The van der Waals surface area contributed by atoms with Gasteiger partial charge in [0.05, 0.1) is 27.0 Å². The first-order valence-corrected chi connectivity index (χ1v) is 9.92. The zero-order valence-corrected chi connectivity index (χ0v) is 18.4. The van der Waals surface area contributed by atoms with E-state index < -0.39 is 0 Å². The summed E-state index contributed by atoms with van der Waals surface area (Å²) in [4.78, 5) is 15.0. The van der Waals surface area contributed by atoms with Gasteiger partial charge < -0.3 is 19.7 Å². The highest BCUT2D eigenvalue weighted by atomic mass is 16.5. The fourth-order valence-electron chi connectivity index (χ4n) is 3.31. The van der Waals surface area contributed by atoms with Crippen LogP contribution >= 0.6 is 0 Å². The smallest absolute Gasteiger partial charge is 0.256 e. The highest BCUT2D eigenvalue weighted by Gasteiger charge is 2.17. The molecule has 0 fully saturated rings. The number of allylic oxidation sites excluding steroid dienone is 1. The summed E-state index contributed by atoms with van der Waals surface area (Å²) in [5.74, 6) is 1.46. The van der Waals surface area contributed by atoms with Gasteiger partial charge in [-0.3, -0.25) is 4.79 Å². The van der Waals surface area contributed by atoms with E-state index in [1.807, 2.05) is 19.0 Å². The molecule has 31 heavy (non-hydrogen) atoms. The molecule has 0 atom stereocenters. The molecule has 0 aliphatic heterocycles. The van der Waals surface area contributed by atoms with Gasteiger partial charge in [0, 0.05) is 37.0 Å². The molecule has 0 radical (unpaired) electrons. The number of aromatic nitrogens is 2. The third-order valence-corrected chi connectivity index (χ3v) is 4.93. The summed E-state index contributed by atoms with van der Waals surface area (Å²) < 4.78 is 12.6. The van der Waals surface area contributed by atoms with Crippen LogP contribution in [0.1, 0.15) is 21.5 Å². The summed E-state index contributed by atoms with van der Waals surface area (Å²) >= 11 is 0. The number of anilines is 2. The lowest BCUT2D eigenvalue weighted by Gasteiger charge is -2.15. The Hall–Kier alpha value is -3.74. The SMILES string of the molecule is C=CCc1cc(C(=O)Nc2ccnn2Cc2ccc(N(C)C)cc2)cc(OC)c1OC. The van der Waals surface area contributed by atoms with E-state index >= 15 is 0 Å². The van der Waals surface area contributed by atoms with Crippen molar-refractivity contribution in [3.05, 3.63) is 78.0 Å². The molecule has 3 aromatic rings. The minimum Gasteiger partial charge on any atom is -0.493 e. The molecule has 1 heterocycles. The third kappa shape index (κ3) is 5.06. The van der Waals surface area contributed by atoms with Gasteiger partial charge in [-0.25, -0.2) is 4.68 Å². The van der Waals surface area contributed by atoms with Gasteiger partial charge in [0.15, 0.2) is 11.5 Å². The van der Waals surface area contributed by atoms with Gasteiger partial charge in [-0.15, -0.1) is 6.58 Å². The lowest BCUT2D eigenvalue weighted by Crippen LogP contribution is -2.17. The van der Waals surface area contributed by atoms with E-state index in [2.05, 4.69) is 41.3 Å². The second-order valence-corrected chi connectivity index (χ2v) is 7.25. The van der Waals surface area contributed by atoms with E-state index in [0.29, 0.717) is 35.8 Å². The van der Waals surface area contributed by atoms with Crippen molar-refractivity contribution < 1.29 is 14.3 Å². The molecule has 0 aliphatic carbocycles. The summed E-state index contributed by atoms with van der Waals surface area (Å²) in [7, 11) is 7.14. The fraction of sp³-hybridized carbons (Fsp3) is 0.250. The molecule has 162 valence electrons. The van der Waals surface area contributed by atoms with Crippen LogP contribution in [0.3, 0.4) is 0 Å². The first-order valence-electron chi connectivity index (χ1n) is 9.92. The summed E-state index contributed by atoms with van der Waals surface area (Å²) in [5.41, 5.74) is 3.51. The van der Waals surface area contributed by atoms with Gasteiger partial charge in [0.25, 0.3) is 5.91 Å². The van der Waals surface area contributed by atoms with Crippen LogP contribution in [0.5, 0.6) is 11.5 Å². The highest BCUT2D eigenvalue weighted by Crippen LogP contribution is 2.33. The van der Waals surface area contributed by atoms with Gasteiger partial charge in [0.1, 0.15) is 5.82 Å². The molecule has 0 unspecified atom stereocenters. The Labute approximate surface area is 182 Å². The van der Waals surface area contributed by atoms with Crippen molar-refractivity contribution in [3.63, 3.8) is 0 Å². The summed E-state index contributed by atoms with van der Waals surface area (Å²) in [6.45, 7) is 4.32. The lowest BCUT2D eigenvalue weighted by molar-refractivity contribution is 0.102. The lowest BCUT2D eigenvalue weighted by atomic mass is 10.0. The van der Waals surface area contributed by atoms with Crippen molar-refractivity contribution in [3.8, 4) is 11.5 Å². The summed E-state index contributed by atoms with van der Waals surface area (Å²) in [6.07, 6.45) is 3.98. The van der Waals surface area contributed by atoms with Gasteiger partial charge in [-0.1, -0.05) is 18.2 Å². The summed E-state index contributed by atoms with van der Waals surface area (Å²) in [5, 5.41) is 7.30. The number of hydrogen-bond acceptors (Lipinski definition) is 5. The van der Waals surface area contributed by atoms with Crippen molar-refractivity contribution in [2.24, 2.45) is 0 Å². The van der Waals surface area contributed by atoms with E-state index in [1.54, 1.807) is 49.4 Å². The van der Waals surface area contributed by atoms with Gasteiger partial charge in [-0.05, 0) is 36.2 Å². The van der Waals surface area contributed by atoms with Gasteiger partial charge >= 0.3 is 0 Å². The van der Waals surface area contributed by atoms with E-state index in [9.17, 15) is 4.79 Å². The zero-order chi connectivity index (χ0) is 22.4. The summed E-state index contributed by atoms with van der Waals surface area (Å²) in [6, 6.07) is 13.5. The van der Waals surface area contributed by atoms with Gasteiger partial charge in [-0.2, -0.15) is 5.10 Å². The molecule has 0 aliphatic rings. The molecule has 1 N–H and O–H groups in total. The van der Waals surface area contributed by atoms with E-state index in [0.717, 1.165) is 16.8 Å². The molecule has 7 heteroatoms. The Kier molecular flexibility index (Phi) is 6.97. The third-order valence-electron chi connectivity index (χ3n) is 4.93. The van der Waals surface area contributed by atoms with Crippen molar-refractivity contribution in [2.75, 3.05) is 38.5 Å². The first-order chi connectivity index (χ1) is 15.0. The Balaban J connectivity index is 1.81. The van der Waals surface area contributed by atoms with Crippen molar-refractivity contribution in [1.29, 1.82) is 0 Å². The number of hydrogen-bond donors (Lipinski definition) is 1.